The van der Waals surface area contributed by atoms with Gasteiger partial charge in [-0.1, -0.05) is 50.6 Å². The maximum atomic E-state index is 5.87. The Morgan fingerprint density at radius 3 is 2.58 bits per heavy atom. The van der Waals surface area contributed by atoms with Crippen LogP contribution in [0.5, 0.6) is 5.75 Å². The van der Waals surface area contributed by atoms with Crippen molar-refractivity contribution in [2.75, 3.05) is 19.7 Å². The first-order valence-corrected chi connectivity index (χ1v) is 11.6. The van der Waals surface area contributed by atoms with E-state index < -0.39 is 0 Å². The van der Waals surface area contributed by atoms with Gasteiger partial charge in [0.1, 0.15) is 5.75 Å². The molecule has 3 nitrogen and oxygen atoms in total. The zero-order valence-electron chi connectivity index (χ0n) is 18.5. The zero-order chi connectivity index (χ0) is 21.2. The van der Waals surface area contributed by atoms with Crippen LogP contribution in [0, 0.1) is 0 Å². The highest BCUT2D eigenvalue weighted by Gasteiger charge is 2.23. The molecule has 0 amide bonds. The number of unbranched alkanes of at least 4 members (excludes halogenated alkanes) is 1. The molecular formula is C28H30N2O. The minimum Gasteiger partial charge on any atom is -0.494 e. The zero-order valence-corrected chi connectivity index (χ0v) is 18.5. The van der Waals surface area contributed by atoms with Crippen LogP contribution in [-0.2, 0) is 13.0 Å². The molecule has 0 N–H and O–H groups in total. The molecule has 0 saturated carbocycles. The summed E-state index contributed by atoms with van der Waals surface area (Å²) in [6.07, 6.45) is 3.30. The molecule has 158 valence electrons. The number of aromatic nitrogens is 1. The number of hydrogen-bond donors (Lipinski definition) is 0. The van der Waals surface area contributed by atoms with Crippen LogP contribution < -0.4 is 4.74 Å². The molecule has 3 heteroatoms. The Hall–Kier alpha value is -2.91. The van der Waals surface area contributed by atoms with Crippen LogP contribution in [0.15, 0.2) is 60.7 Å². The van der Waals surface area contributed by atoms with Gasteiger partial charge in [-0.3, -0.25) is 4.90 Å². The molecule has 31 heavy (non-hydrogen) atoms. The Morgan fingerprint density at radius 2 is 1.77 bits per heavy atom. The Bertz CT molecular complexity index is 1210. The summed E-state index contributed by atoms with van der Waals surface area (Å²) in [6.45, 7) is 8.34. The number of rotatable bonds is 6. The summed E-state index contributed by atoms with van der Waals surface area (Å²) < 4.78 is 5.87. The standard InChI is InChI=1S/C28H30N2O/c1-3-5-18-31-22-13-10-21(11-14-22)28-25-19-30(4-2)17-16-24(25)27-23-9-7-6-8-20(23)12-15-26(27)29-28/h6-15H,3-5,16-19H2,1-2H3. The SMILES string of the molecule is CCCCOc1ccc(-c2nc3ccc4ccccc4c3c3c2CN(CC)CC3)cc1. The Morgan fingerprint density at radius 1 is 0.935 bits per heavy atom. The van der Waals surface area contributed by atoms with Gasteiger partial charge in [0, 0.05) is 24.0 Å². The molecule has 4 aromatic rings. The van der Waals surface area contributed by atoms with Crippen molar-refractivity contribution in [2.24, 2.45) is 0 Å². The van der Waals surface area contributed by atoms with Gasteiger partial charge in [0.2, 0.25) is 0 Å². The maximum Gasteiger partial charge on any atom is 0.119 e. The third-order valence-corrected chi connectivity index (χ3v) is 6.49. The lowest BCUT2D eigenvalue weighted by Gasteiger charge is -2.30. The highest BCUT2D eigenvalue weighted by atomic mass is 16.5. The van der Waals surface area contributed by atoms with Gasteiger partial charge < -0.3 is 4.74 Å². The lowest BCUT2D eigenvalue weighted by atomic mass is 9.89. The van der Waals surface area contributed by atoms with Crippen molar-refractivity contribution in [1.29, 1.82) is 0 Å². The van der Waals surface area contributed by atoms with E-state index >= 15 is 0 Å². The number of fused-ring (bicyclic) bond motifs is 5. The molecule has 3 aromatic carbocycles. The first-order valence-electron chi connectivity index (χ1n) is 11.6. The number of pyridine rings is 1. The smallest absolute Gasteiger partial charge is 0.119 e. The van der Waals surface area contributed by atoms with Crippen molar-refractivity contribution in [3.05, 3.63) is 71.8 Å². The molecule has 0 aliphatic carbocycles. The Labute approximate surface area is 184 Å². The molecule has 1 aliphatic heterocycles. The number of benzene rings is 3. The van der Waals surface area contributed by atoms with Crippen LogP contribution in [-0.4, -0.2) is 29.6 Å². The minimum atomic E-state index is 0.776. The lowest BCUT2D eigenvalue weighted by Crippen LogP contribution is -2.31. The second kappa shape index (κ2) is 8.68. The quantitative estimate of drug-likeness (QED) is 0.264. The molecule has 2 heterocycles. The molecule has 0 unspecified atom stereocenters. The highest BCUT2D eigenvalue weighted by molar-refractivity contribution is 6.09. The van der Waals surface area contributed by atoms with Gasteiger partial charge in [-0.05, 0) is 71.6 Å². The summed E-state index contributed by atoms with van der Waals surface area (Å²) in [5.74, 6) is 0.938. The monoisotopic (exact) mass is 410 g/mol. The normalized spacial score (nSPS) is 14.1. The summed E-state index contributed by atoms with van der Waals surface area (Å²) in [7, 11) is 0. The number of likely N-dealkylation sites (N-methyl/N-ethyl adjacent to an activating group) is 1. The molecule has 1 aromatic heterocycles. The lowest BCUT2D eigenvalue weighted by molar-refractivity contribution is 0.269. The van der Waals surface area contributed by atoms with Gasteiger partial charge in [-0.2, -0.15) is 0 Å². The van der Waals surface area contributed by atoms with Crippen molar-refractivity contribution in [3.63, 3.8) is 0 Å². The van der Waals surface area contributed by atoms with Crippen LogP contribution in [0.2, 0.25) is 0 Å². The first-order chi connectivity index (χ1) is 15.3. The van der Waals surface area contributed by atoms with Gasteiger partial charge in [0.15, 0.2) is 0 Å². The largest absolute Gasteiger partial charge is 0.494 e. The second-order valence-corrected chi connectivity index (χ2v) is 8.44. The van der Waals surface area contributed by atoms with Crippen molar-refractivity contribution in [3.8, 4) is 17.0 Å². The predicted molar refractivity (Wildman–Crippen MR) is 130 cm³/mol. The summed E-state index contributed by atoms with van der Waals surface area (Å²) in [6, 6.07) is 21.6. The van der Waals surface area contributed by atoms with E-state index in [1.54, 1.807) is 0 Å². The van der Waals surface area contributed by atoms with Gasteiger partial charge in [0.05, 0.1) is 17.8 Å². The Kier molecular flexibility index (Phi) is 5.61. The predicted octanol–water partition coefficient (Wildman–Crippen LogP) is 6.61. The minimum absolute atomic E-state index is 0.776. The molecule has 0 spiro atoms. The molecule has 0 bridgehead atoms. The van der Waals surface area contributed by atoms with Crippen molar-refractivity contribution >= 4 is 21.7 Å². The molecule has 0 saturated heterocycles. The van der Waals surface area contributed by atoms with Gasteiger partial charge >= 0.3 is 0 Å². The molecule has 1 aliphatic rings. The Balaban J connectivity index is 1.65. The van der Waals surface area contributed by atoms with E-state index in [1.165, 1.54) is 32.8 Å². The highest BCUT2D eigenvalue weighted by Crippen LogP contribution is 2.37. The molecular weight excluding hydrogens is 380 g/mol. The van der Waals surface area contributed by atoms with Gasteiger partial charge in [0.25, 0.3) is 0 Å². The summed E-state index contributed by atoms with van der Waals surface area (Å²) in [4.78, 5) is 7.74. The summed E-state index contributed by atoms with van der Waals surface area (Å²) in [5, 5.41) is 3.95. The third kappa shape index (κ3) is 3.79. The third-order valence-electron chi connectivity index (χ3n) is 6.49. The van der Waals surface area contributed by atoms with E-state index in [0.29, 0.717) is 0 Å². The second-order valence-electron chi connectivity index (χ2n) is 8.44. The molecule has 0 atom stereocenters. The van der Waals surface area contributed by atoms with Gasteiger partial charge in [-0.25, -0.2) is 4.98 Å². The van der Waals surface area contributed by atoms with Crippen LogP contribution in [0.3, 0.4) is 0 Å². The fourth-order valence-electron chi connectivity index (χ4n) is 4.72. The van der Waals surface area contributed by atoms with E-state index in [9.17, 15) is 0 Å². The van der Waals surface area contributed by atoms with Crippen LogP contribution in [0.25, 0.3) is 32.9 Å². The summed E-state index contributed by atoms with van der Waals surface area (Å²) >= 11 is 0. The topological polar surface area (TPSA) is 25.4 Å². The maximum absolute atomic E-state index is 5.87. The number of ether oxygens (including phenoxy) is 1. The van der Waals surface area contributed by atoms with E-state index in [2.05, 4.69) is 79.4 Å². The van der Waals surface area contributed by atoms with Gasteiger partial charge in [-0.15, -0.1) is 0 Å². The van der Waals surface area contributed by atoms with E-state index in [1.807, 2.05) is 0 Å². The fourth-order valence-corrected chi connectivity index (χ4v) is 4.72. The van der Waals surface area contributed by atoms with Crippen molar-refractivity contribution in [2.45, 2.75) is 39.7 Å². The molecule has 0 radical (unpaired) electrons. The van der Waals surface area contributed by atoms with Crippen LogP contribution >= 0.6 is 0 Å². The molecule has 5 rings (SSSR count). The number of hydrogen-bond acceptors (Lipinski definition) is 3. The van der Waals surface area contributed by atoms with Crippen molar-refractivity contribution < 1.29 is 4.74 Å². The van der Waals surface area contributed by atoms with E-state index in [-0.39, 0.29) is 0 Å². The average Bonchev–Trinajstić information content (AvgIpc) is 2.83. The van der Waals surface area contributed by atoms with Crippen molar-refractivity contribution in [1.82, 2.24) is 9.88 Å². The average molecular weight is 411 g/mol. The fraction of sp³-hybridized carbons (Fsp3) is 0.321. The van der Waals surface area contributed by atoms with Crippen LogP contribution in [0.1, 0.15) is 37.8 Å². The van der Waals surface area contributed by atoms with E-state index in [4.69, 9.17) is 9.72 Å². The van der Waals surface area contributed by atoms with E-state index in [0.717, 1.165) is 62.5 Å². The number of nitrogens with zero attached hydrogens (tertiary/aromatic N) is 2. The first kappa shape index (κ1) is 20.0. The van der Waals surface area contributed by atoms with Crippen LogP contribution in [0.4, 0.5) is 0 Å². The summed E-state index contributed by atoms with van der Waals surface area (Å²) in [5.41, 5.74) is 6.25. The molecule has 0 fully saturated rings.